The molecule has 23 heavy (non-hydrogen) atoms. The van der Waals surface area contributed by atoms with E-state index < -0.39 is 0 Å². The number of fused-ring (bicyclic) bond motifs is 1. The number of allylic oxidation sites excluding steroid dienone is 4. The monoisotopic (exact) mass is 305 g/mol. The van der Waals surface area contributed by atoms with Gasteiger partial charge in [-0.15, -0.1) is 0 Å². The van der Waals surface area contributed by atoms with Gasteiger partial charge < -0.3 is 4.98 Å². The minimum Gasteiger partial charge on any atom is -0.361 e. The fourth-order valence-corrected chi connectivity index (χ4v) is 2.85. The fraction of sp³-hybridized carbons (Fsp3) is 0.143. The van der Waals surface area contributed by atoms with E-state index in [1.165, 1.54) is 11.5 Å². The molecule has 0 bridgehead atoms. The van der Waals surface area contributed by atoms with Crippen LogP contribution in [0, 0.1) is 12.7 Å². The highest BCUT2D eigenvalue weighted by atomic mass is 19.1. The van der Waals surface area contributed by atoms with Crippen LogP contribution in [0.4, 0.5) is 4.39 Å². The lowest BCUT2D eigenvalue weighted by molar-refractivity contribution is 0.618. The molecule has 0 aliphatic rings. The van der Waals surface area contributed by atoms with E-state index >= 15 is 0 Å². The van der Waals surface area contributed by atoms with Crippen molar-refractivity contribution in [2.24, 2.45) is 0 Å². The molecule has 1 aromatic heterocycles. The van der Waals surface area contributed by atoms with Gasteiger partial charge in [0, 0.05) is 11.7 Å². The smallest absolute Gasteiger partial charge is 0.126 e. The van der Waals surface area contributed by atoms with Crippen LogP contribution in [-0.2, 0) is 0 Å². The summed E-state index contributed by atoms with van der Waals surface area (Å²) >= 11 is 0. The lowest BCUT2D eigenvalue weighted by atomic mass is 9.94. The Balaban J connectivity index is 2.17. The van der Waals surface area contributed by atoms with E-state index in [4.69, 9.17) is 0 Å². The highest BCUT2D eigenvalue weighted by molar-refractivity contribution is 5.97. The fourth-order valence-electron chi connectivity index (χ4n) is 2.85. The Morgan fingerprint density at radius 3 is 2.57 bits per heavy atom. The zero-order valence-electron chi connectivity index (χ0n) is 13.7. The van der Waals surface area contributed by atoms with Crippen LogP contribution in [0.25, 0.3) is 22.0 Å². The van der Waals surface area contributed by atoms with Crippen molar-refractivity contribution in [1.82, 2.24) is 4.98 Å². The molecule has 0 saturated carbocycles. The molecule has 2 heteroatoms. The number of hydrogen-bond donors (Lipinski definition) is 1. The lowest BCUT2D eigenvalue weighted by Crippen LogP contribution is -1.90. The number of hydrogen-bond acceptors (Lipinski definition) is 0. The minimum absolute atomic E-state index is 0.165. The normalized spacial score (nSPS) is 12.9. The summed E-state index contributed by atoms with van der Waals surface area (Å²) in [4.78, 5) is 3.26. The van der Waals surface area contributed by atoms with Crippen molar-refractivity contribution in [1.29, 1.82) is 0 Å². The molecule has 1 N–H and O–H groups in total. The second-order valence-electron chi connectivity index (χ2n) is 5.78. The van der Waals surface area contributed by atoms with Gasteiger partial charge in [-0.05, 0) is 78.3 Å². The summed E-state index contributed by atoms with van der Waals surface area (Å²) in [6.07, 6.45) is 6.09. The molecule has 116 valence electrons. The molecule has 0 aliphatic heterocycles. The highest BCUT2D eigenvalue weighted by Crippen LogP contribution is 2.30. The Kier molecular flexibility index (Phi) is 4.16. The number of rotatable bonds is 3. The number of aryl methyl sites for hydroxylation is 1. The number of aromatic nitrogens is 1. The van der Waals surface area contributed by atoms with Crippen molar-refractivity contribution >= 4 is 22.0 Å². The molecule has 0 unspecified atom stereocenters. The molecule has 0 fully saturated rings. The molecule has 0 radical (unpaired) electrons. The molecule has 3 aromatic rings. The molecule has 0 saturated heterocycles. The van der Waals surface area contributed by atoms with Gasteiger partial charge in [-0.3, -0.25) is 0 Å². The van der Waals surface area contributed by atoms with Crippen LogP contribution in [0.3, 0.4) is 0 Å². The van der Waals surface area contributed by atoms with E-state index in [0.29, 0.717) is 5.56 Å². The Morgan fingerprint density at radius 2 is 1.83 bits per heavy atom. The van der Waals surface area contributed by atoms with E-state index in [2.05, 4.69) is 42.2 Å². The van der Waals surface area contributed by atoms with Crippen molar-refractivity contribution < 1.29 is 4.39 Å². The lowest BCUT2D eigenvalue weighted by Gasteiger charge is -2.11. The third kappa shape index (κ3) is 2.98. The molecular formula is C21H20FN. The van der Waals surface area contributed by atoms with Crippen molar-refractivity contribution in [3.63, 3.8) is 0 Å². The molecule has 1 nitrogen and oxygen atoms in total. The first-order chi connectivity index (χ1) is 11.1. The number of aromatic amines is 1. The van der Waals surface area contributed by atoms with E-state index in [1.807, 2.05) is 31.3 Å². The summed E-state index contributed by atoms with van der Waals surface area (Å²) in [5, 5.41) is 1.20. The number of H-pyrrole nitrogens is 1. The van der Waals surface area contributed by atoms with Crippen LogP contribution in [-0.4, -0.2) is 4.98 Å². The standard InChI is InChI=1S/C21H20FN/c1-4-5-19(15(3)17-8-9-20(22)14(2)12-17)18-7-6-16-10-11-23-21(16)13-18/h4-13,23H,1-3H3/b5-4-,19-15-. The molecule has 0 spiro atoms. The van der Waals surface area contributed by atoms with Gasteiger partial charge in [-0.25, -0.2) is 4.39 Å². The quantitative estimate of drug-likeness (QED) is 0.443. The summed E-state index contributed by atoms with van der Waals surface area (Å²) in [6, 6.07) is 13.8. The third-order valence-electron chi connectivity index (χ3n) is 4.19. The largest absolute Gasteiger partial charge is 0.361 e. The summed E-state index contributed by atoms with van der Waals surface area (Å²) in [5.74, 6) is -0.165. The summed E-state index contributed by atoms with van der Waals surface area (Å²) < 4.78 is 13.5. The maximum Gasteiger partial charge on any atom is 0.126 e. The van der Waals surface area contributed by atoms with E-state index in [1.54, 1.807) is 6.92 Å². The predicted octanol–water partition coefficient (Wildman–Crippen LogP) is 6.12. The van der Waals surface area contributed by atoms with Gasteiger partial charge in [0.15, 0.2) is 0 Å². The SMILES string of the molecule is C/C=C\C(=C(/C)c1ccc(F)c(C)c1)c1ccc2cc[nH]c2c1. The first-order valence-corrected chi connectivity index (χ1v) is 7.78. The molecule has 3 rings (SSSR count). The topological polar surface area (TPSA) is 15.8 Å². The first kappa shape index (κ1) is 15.3. The summed E-state index contributed by atoms with van der Waals surface area (Å²) in [7, 11) is 0. The van der Waals surface area contributed by atoms with Crippen molar-refractivity contribution in [2.75, 3.05) is 0 Å². The molecule has 2 aromatic carbocycles. The molecule has 0 amide bonds. The summed E-state index contributed by atoms with van der Waals surface area (Å²) in [5.41, 5.74) is 6.27. The van der Waals surface area contributed by atoms with Crippen LogP contribution >= 0.6 is 0 Å². The van der Waals surface area contributed by atoms with Gasteiger partial charge in [-0.2, -0.15) is 0 Å². The molecule has 0 aliphatic carbocycles. The van der Waals surface area contributed by atoms with E-state index in [-0.39, 0.29) is 5.82 Å². The predicted molar refractivity (Wildman–Crippen MR) is 96.7 cm³/mol. The van der Waals surface area contributed by atoms with Crippen molar-refractivity contribution in [2.45, 2.75) is 20.8 Å². The van der Waals surface area contributed by atoms with Crippen molar-refractivity contribution in [3.05, 3.63) is 83.3 Å². The van der Waals surface area contributed by atoms with Gasteiger partial charge in [0.1, 0.15) is 5.82 Å². The zero-order chi connectivity index (χ0) is 16.4. The zero-order valence-corrected chi connectivity index (χ0v) is 13.7. The average Bonchev–Trinajstić information content (AvgIpc) is 3.02. The maximum atomic E-state index is 13.5. The van der Waals surface area contributed by atoms with Gasteiger partial charge >= 0.3 is 0 Å². The second-order valence-corrected chi connectivity index (χ2v) is 5.78. The third-order valence-corrected chi connectivity index (χ3v) is 4.19. The Bertz CT molecular complexity index is 912. The first-order valence-electron chi connectivity index (χ1n) is 7.78. The van der Waals surface area contributed by atoms with E-state index in [9.17, 15) is 4.39 Å². The van der Waals surface area contributed by atoms with Crippen LogP contribution in [0.1, 0.15) is 30.5 Å². The van der Waals surface area contributed by atoms with Gasteiger partial charge in [0.25, 0.3) is 0 Å². The molecular weight excluding hydrogens is 285 g/mol. The van der Waals surface area contributed by atoms with E-state index in [0.717, 1.165) is 27.8 Å². The van der Waals surface area contributed by atoms with Gasteiger partial charge in [0.05, 0.1) is 0 Å². The number of halogens is 1. The Morgan fingerprint density at radius 1 is 1.04 bits per heavy atom. The van der Waals surface area contributed by atoms with Gasteiger partial charge in [0.2, 0.25) is 0 Å². The summed E-state index contributed by atoms with van der Waals surface area (Å²) in [6.45, 7) is 5.89. The van der Waals surface area contributed by atoms with Crippen molar-refractivity contribution in [3.8, 4) is 0 Å². The average molecular weight is 305 g/mol. The molecule has 1 heterocycles. The molecule has 0 atom stereocenters. The Hall–Kier alpha value is -2.61. The van der Waals surface area contributed by atoms with Crippen LogP contribution < -0.4 is 0 Å². The maximum absolute atomic E-state index is 13.5. The van der Waals surface area contributed by atoms with Gasteiger partial charge in [-0.1, -0.05) is 30.4 Å². The highest BCUT2D eigenvalue weighted by Gasteiger charge is 2.08. The van der Waals surface area contributed by atoms with Crippen LogP contribution in [0.2, 0.25) is 0 Å². The number of benzene rings is 2. The minimum atomic E-state index is -0.165. The van der Waals surface area contributed by atoms with Crippen LogP contribution in [0.15, 0.2) is 60.8 Å². The Labute approximate surface area is 136 Å². The van der Waals surface area contributed by atoms with Crippen LogP contribution in [0.5, 0.6) is 0 Å². The second kappa shape index (κ2) is 6.25. The number of nitrogens with one attached hydrogen (secondary N) is 1.